The molecule has 0 aliphatic carbocycles. The molecule has 1 atom stereocenters. The molecule has 0 fully saturated rings. The van der Waals surface area contributed by atoms with Crippen LogP contribution in [0.25, 0.3) is 11.0 Å². The van der Waals surface area contributed by atoms with Crippen molar-refractivity contribution in [1.29, 1.82) is 0 Å². The number of fused-ring (bicyclic) bond motifs is 1. The first-order valence-electron chi connectivity index (χ1n) is 6.96. The monoisotopic (exact) mass is 310 g/mol. The predicted molar refractivity (Wildman–Crippen MR) is 82.2 cm³/mol. The second kappa shape index (κ2) is 6.47. The van der Waals surface area contributed by atoms with Crippen LogP contribution in [0.1, 0.15) is 33.2 Å². The minimum absolute atomic E-state index is 0.0552. The highest BCUT2D eigenvalue weighted by atomic mass is 32.2. The van der Waals surface area contributed by atoms with Crippen LogP contribution in [-0.2, 0) is 4.79 Å². The Labute approximate surface area is 127 Å². The number of aliphatic carboxylic acids is 1. The minimum atomic E-state index is -0.887. The number of hydrogen-bond donors (Lipinski definition) is 1. The summed E-state index contributed by atoms with van der Waals surface area (Å²) in [6, 6.07) is 4.65. The van der Waals surface area contributed by atoms with E-state index < -0.39 is 5.97 Å². The Bertz CT molecular complexity index is 654. The van der Waals surface area contributed by atoms with Crippen molar-refractivity contribution in [3.05, 3.63) is 24.0 Å². The van der Waals surface area contributed by atoms with E-state index in [1.165, 1.54) is 23.9 Å². The van der Waals surface area contributed by atoms with Crippen LogP contribution in [0.15, 0.2) is 23.4 Å². The molecule has 0 aliphatic heterocycles. The summed E-state index contributed by atoms with van der Waals surface area (Å²) >= 11 is 1.18. The van der Waals surface area contributed by atoms with Crippen LogP contribution >= 0.6 is 11.8 Å². The molecule has 1 N–H and O–H groups in total. The average Bonchev–Trinajstić information content (AvgIpc) is 2.75. The van der Waals surface area contributed by atoms with Crippen LogP contribution in [0.4, 0.5) is 4.39 Å². The molecule has 1 aromatic heterocycles. The summed E-state index contributed by atoms with van der Waals surface area (Å²) in [5.74, 6) is -0.903. The summed E-state index contributed by atoms with van der Waals surface area (Å²) in [5.41, 5.74) is 1.42. The smallest absolute Gasteiger partial charge is 0.313 e. The number of carboxylic acid groups (broad SMARTS) is 1. The Kier molecular flexibility index (Phi) is 4.88. The van der Waals surface area contributed by atoms with Gasteiger partial charge in [-0.3, -0.25) is 4.79 Å². The lowest BCUT2D eigenvalue weighted by Crippen LogP contribution is -2.16. The first-order valence-corrected chi connectivity index (χ1v) is 7.94. The molecule has 6 heteroatoms. The van der Waals surface area contributed by atoms with E-state index in [4.69, 9.17) is 5.11 Å². The van der Waals surface area contributed by atoms with Gasteiger partial charge in [-0.25, -0.2) is 9.37 Å². The van der Waals surface area contributed by atoms with Gasteiger partial charge in [0.1, 0.15) is 5.82 Å². The number of carboxylic acids is 1. The van der Waals surface area contributed by atoms with E-state index in [1.807, 2.05) is 4.57 Å². The van der Waals surface area contributed by atoms with Gasteiger partial charge in [0.05, 0.1) is 16.8 Å². The summed E-state index contributed by atoms with van der Waals surface area (Å²) < 4.78 is 15.5. The molecular formula is C15H19FN2O2S. The van der Waals surface area contributed by atoms with Crippen LogP contribution in [0.3, 0.4) is 0 Å². The summed E-state index contributed by atoms with van der Waals surface area (Å²) in [6.07, 6.45) is 0.875. The summed E-state index contributed by atoms with van der Waals surface area (Å²) in [6.45, 7) is 6.28. The van der Waals surface area contributed by atoms with E-state index in [0.717, 1.165) is 11.9 Å². The zero-order chi connectivity index (χ0) is 15.6. The lowest BCUT2D eigenvalue weighted by Gasteiger charge is -2.23. The number of nitrogens with zero attached hydrogens (tertiary/aromatic N) is 2. The van der Waals surface area contributed by atoms with E-state index >= 15 is 0 Å². The second-order valence-corrected chi connectivity index (χ2v) is 6.24. The number of hydrogen-bond acceptors (Lipinski definition) is 3. The van der Waals surface area contributed by atoms with Gasteiger partial charge in [0.2, 0.25) is 0 Å². The van der Waals surface area contributed by atoms with Crippen molar-refractivity contribution in [2.75, 3.05) is 5.75 Å². The Morgan fingerprint density at radius 3 is 2.76 bits per heavy atom. The molecule has 4 nitrogen and oxygen atoms in total. The Morgan fingerprint density at radius 2 is 2.19 bits per heavy atom. The SMILES string of the molecule is CCC(C(C)C)n1c(SCC(=O)O)nc2ccc(F)cc21. The fourth-order valence-electron chi connectivity index (χ4n) is 2.54. The van der Waals surface area contributed by atoms with Crippen LogP contribution < -0.4 is 0 Å². The molecule has 0 saturated heterocycles. The molecule has 21 heavy (non-hydrogen) atoms. The minimum Gasteiger partial charge on any atom is -0.481 e. The number of thioether (sulfide) groups is 1. The van der Waals surface area contributed by atoms with Gasteiger partial charge in [-0.1, -0.05) is 32.5 Å². The van der Waals surface area contributed by atoms with Gasteiger partial charge >= 0.3 is 5.97 Å². The molecule has 0 aliphatic rings. The van der Waals surface area contributed by atoms with Crippen molar-refractivity contribution in [3.8, 4) is 0 Å². The summed E-state index contributed by atoms with van der Waals surface area (Å²) in [7, 11) is 0. The largest absolute Gasteiger partial charge is 0.481 e. The third kappa shape index (κ3) is 3.37. The van der Waals surface area contributed by atoms with Gasteiger partial charge in [0.15, 0.2) is 5.16 Å². The number of aromatic nitrogens is 2. The van der Waals surface area contributed by atoms with Crippen molar-refractivity contribution in [2.45, 2.75) is 38.4 Å². The highest BCUT2D eigenvalue weighted by Crippen LogP contribution is 2.33. The molecule has 0 spiro atoms. The van der Waals surface area contributed by atoms with E-state index in [2.05, 4.69) is 25.8 Å². The van der Waals surface area contributed by atoms with Gasteiger partial charge in [0, 0.05) is 6.04 Å². The molecule has 1 heterocycles. The average molecular weight is 310 g/mol. The van der Waals surface area contributed by atoms with E-state index in [1.54, 1.807) is 6.07 Å². The Balaban J connectivity index is 2.57. The molecule has 1 aromatic carbocycles. The molecule has 1 unspecified atom stereocenters. The molecule has 2 rings (SSSR count). The maximum Gasteiger partial charge on any atom is 0.313 e. The van der Waals surface area contributed by atoms with Gasteiger partial charge < -0.3 is 9.67 Å². The highest BCUT2D eigenvalue weighted by molar-refractivity contribution is 7.99. The van der Waals surface area contributed by atoms with Gasteiger partial charge in [-0.05, 0) is 30.5 Å². The predicted octanol–water partition coefficient (Wildman–Crippen LogP) is 3.96. The third-order valence-corrected chi connectivity index (χ3v) is 4.40. The Hall–Kier alpha value is -1.56. The van der Waals surface area contributed by atoms with E-state index in [9.17, 15) is 9.18 Å². The lowest BCUT2D eigenvalue weighted by atomic mass is 10.0. The van der Waals surface area contributed by atoms with E-state index in [-0.39, 0.29) is 17.6 Å². The third-order valence-electron chi connectivity index (χ3n) is 3.46. The lowest BCUT2D eigenvalue weighted by molar-refractivity contribution is -0.133. The second-order valence-electron chi connectivity index (χ2n) is 5.30. The van der Waals surface area contributed by atoms with Crippen molar-refractivity contribution in [2.24, 2.45) is 5.92 Å². The van der Waals surface area contributed by atoms with Crippen molar-refractivity contribution < 1.29 is 14.3 Å². The maximum atomic E-state index is 13.6. The topological polar surface area (TPSA) is 55.1 Å². The first-order chi connectivity index (χ1) is 9.93. The van der Waals surface area contributed by atoms with Gasteiger partial charge in [-0.2, -0.15) is 0 Å². The number of carbonyl (C=O) groups is 1. The van der Waals surface area contributed by atoms with Crippen molar-refractivity contribution >= 4 is 28.8 Å². The standard InChI is InChI=1S/C15H19FN2O2S/c1-4-12(9(2)3)18-13-7-10(16)5-6-11(13)17-15(18)21-8-14(19)20/h5-7,9,12H,4,8H2,1-3H3,(H,19,20). The molecular weight excluding hydrogens is 291 g/mol. The fourth-order valence-corrected chi connectivity index (χ4v) is 3.33. The normalized spacial score (nSPS) is 13.0. The van der Waals surface area contributed by atoms with Crippen LogP contribution in [0.5, 0.6) is 0 Å². The van der Waals surface area contributed by atoms with Crippen LogP contribution in [0.2, 0.25) is 0 Å². The Morgan fingerprint density at radius 1 is 1.48 bits per heavy atom. The molecule has 2 aromatic rings. The van der Waals surface area contributed by atoms with Gasteiger partial charge in [-0.15, -0.1) is 0 Å². The van der Waals surface area contributed by atoms with Crippen molar-refractivity contribution in [1.82, 2.24) is 9.55 Å². The fraction of sp³-hybridized carbons (Fsp3) is 0.467. The molecule has 114 valence electrons. The number of benzene rings is 1. The quantitative estimate of drug-likeness (QED) is 0.821. The van der Waals surface area contributed by atoms with Gasteiger partial charge in [0.25, 0.3) is 0 Å². The summed E-state index contributed by atoms with van der Waals surface area (Å²) in [4.78, 5) is 15.3. The molecule has 0 radical (unpaired) electrons. The van der Waals surface area contributed by atoms with Crippen molar-refractivity contribution in [3.63, 3.8) is 0 Å². The number of halogens is 1. The highest BCUT2D eigenvalue weighted by Gasteiger charge is 2.21. The van der Waals surface area contributed by atoms with E-state index in [0.29, 0.717) is 16.6 Å². The molecule has 0 amide bonds. The molecule has 0 bridgehead atoms. The molecule has 0 saturated carbocycles. The number of rotatable bonds is 6. The first kappa shape index (κ1) is 15.8. The zero-order valence-corrected chi connectivity index (χ0v) is 13.2. The number of imidazole rings is 1. The van der Waals surface area contributed by atoms with Crippen LogP contribution in [-0.4, -0.2) is 26.4 Å². The van der Waals surface area contributed by atoms with Crippen LogP contribution in [0, 0.1) is 11.7 Å². The zero-order valence-electron chi connectivity index (χ0n) is 12.3. The maximum absolute atomic E-state index is 13.6. The summed E-state index contributed by atoms with van der Waals surface area (Å²) in [5, 5.41) is 9.51.